The fraction of sp³-hybridized carbons (Fsp3) is 0.231. The van der Waals surface area contributed by atoms with Crippen molar-refractivity contribution in [1.29, 1.82) is 0 Å². The molecule has 0 fully saturated rings. The van der Waals surface area contributed by atoms with Gasteiger partial charge in [0, 0.05) is 11.4 Å². The molecule has 25 heavy (non-hydrogen) atoms. The van der Waals surface area contributed by atoms with Crippen LogP contribution in [0.1, 0.15) is 11.4 Å². The van der Waals surface area contributed by atoms with Crippen molar-refractivity contribution in [3.63, 3.8) is 0 Å². The first kappa shape index (κ1) is 17.6. The van der Waals surface area contributed by atoms with Crippen molar-refractivity contribution in [3.05, 3.63) is 33.8 Å². The Morgan fingerprint density at radius 2 is 1.96 bits per heavy atom. The van der Waals surface area contributed by atoms with Crippen molar-refractivity contribution in [1.82, 2.24) is 24.6 Å². The molecule has 3 rings (SSSR count). The Bertz CT molecular complexity index is 1080. The molecule has 0 amide bonds. The number of aryl methyl sites for hydroxylation is 2. The van der Waals surface area contributed by atoms with Gasteiger partial charge in [-0.25, -0.2) is 14.5 Å². The number of fused-ring (bicyclic) bond motifs is 1. The van der Waals surface area contributed by atoms with E-state index in [1.165, 1.54) is 17.8 Å². The lowest BCUT2D eigenvalue weighted by Gasteiger charge is -2.12. The number of nitrogens with zero attached hydrogens (tertiary/aromatic N) is 5. The van der Waals surface area contributed by atoms with Gasteiger partial charge in [-0.1, -0.05) is 23.2 Å². The summed E-state index contributed by atoms with van der Waals surface area (Å²) >= 11 is 11.9. The zero-order chi connectivity index (χ0) is 18.4. The summed E-state index contributed by atoms with van der Waals surface area (Å²) in [6.07, 6.45) is 1.25. The molecule has 0 saturated carbocycles. The zero-order valence-corrected chi connectivity index (χ0v) is 15.6. The Kier molecular flexibility index (Phi) is 4.43. The van der Waals surface area contributed by atoms with Gasteiger partial charge in [-0.05, 0) is 19.9 Å². The van der Waals surface area contributed by atoms with Crippen molar-refractivity contribution < 1.29 is 13.2 Å². The molecule has 0 aromatic carbocycles. The van der Waals surface area contributed by atoms with Gasteiger partial charge in [0.15, 0.2) is 10.9 Å². The van der Waals surface area contributed by atoms with E-state index in [1.54, 1.807) is 19.9 Å². The van der Waals surface area contributed by atoms with Gasteiger partial charge in [0.1, 0.15) is 10.7 Å². The number of nitrogens with one attached hydrogen (secondary N) is 1. The Labute approximate surface area is 153 Å². The lowest BCUT2D eigenvalue weighted by atomic mass is 10.4. The minimum absolute atomic E-state index is 0.0409. The fourth-order valence-corrected chi connectivity index (χ4v) is 3.58. The highest BCUT2D eigenvalue weighted by atomic mass is 35.5. The Hall–Kier alpha value is -2.17. The Morgan fingerprint density at radius 3 is 2.64 bits per heavy atom. The third kappa shape index (κ3) is 3.20. The number of aromatic nitrogens is 5. The number of sulfonamides is 1. The second kappa shape index (κ2) is 6.28. The summed E-state index contributed by atoms with van der Waals surface area (Å²) in [5.41, 5.74) is 1.28. The molecule has 0 aliphatic carbocycles. The van der Waals surface area contributed by atoms with E-state index in [4.69, 9.17) is 27.9 Å². The molecule has 0 spiro atoms. The molecule has 132 valence electrons. The van der Waals surface area contributed by atoms with Crippen molar-refractivity contribution in [3.8, 4) is 5.75 Å². The number of rotatable bonds is 4. The standard InChI is InChI=1S/C13H12Cl2N6O3S/c1-6-4-7(2)21-12(17-6)18-13(19-21)25(22,23)20-9-10(24-3)8(14)5-16-11(9)15/h4-5,20H,1-3H3. The summed E-state index contributed by atoms with van der Waals surface area (Å²) in [6.45, 7) is 3.54. The maximum absolute atomic E-state index is 12.6. The van der Waals surface area contributed by atoms with Crippen LogP contribution in [0.25, 0.3) is 5.78 Å². The van der Waals surface area contributed by atoms with Crippen LogP contribution in [-0.2, 0) is 10.0 Å². The maximum Gasteiger partial charge on any atom is 0.299 e. The molecule has 0 aliphatic rings. The molecular weight excluding hydrogens is 391 g/mol. The number of pyridine rings is 1. The highest BCUT2D eigenvalue weighted by Gasteiger charge is 2.26. The quantitative estimate of drug-likeness (QED) is 0.665. The summed E-state index contributed by atoms with van der Waals surface area (Å²) in [5.74, 6) is 0.208. The average molecular weight is 403 g/mol. The zero-order valence-electron chi connectivity index (χ0n) is 13.3. The van der Waals surface area contributed by atoms with Gasteiger partial charge in [0.2, 0.25) is 0 Å². The predicted octanol–water partition coefficient (Wildman–Crippen LogP) is 2.25. The first-order valence-corrected chi connectivity index (χ1v) is 9.08. The smallest absolute Gasteiger partial charge is 0.299 e. The molecule has 0 saturated heterocycles. The first-order valence-electron chi connectivity index (χ1n) is 6.84. The summed E-state index contributed by atoms with van der Waals surface area (Å²) < 4.78 is 34.0. The number of hydrogen-bond donors (Lipinski definition) is 1. The number of anilines is 1. The summed E-state index contributed by atoms with van der Waals surface area (Å²) in [5, 5.41) is 3.49. The predicted molar refractivity (Wildman–Crippen MR) is 91.9 cm³/mol. The van der Waals surface area contributed by atoms with Crippen LogP contribution in [0.5, 0.6) is 5.75 Å². The van der Waals surface area contributed by atoms with E-state index in [0.29, 0.717) is 11.4 Å². The third-order valence-corrected chi connectivity index (χ3v) is 4.90. The second-order valence-electron chi connectivity index (χ2n) is 5.06. The molecule has 0 atom stereocenters. The van der Waals surface area contributed by atoms with E-state index >= 15 is 0 Å². The second-order valence-corrected chi connectivity index (χ2v) is 7.40. The first-order chi connectivity index (χ1) is 11.7. The summed E-state index contributed by atoms with van der Waals surface area (Å²) in [4.78, 5) is 11.9. The molecule has 0 aliphatic heterocycles. The van der Waals surface area contributed by atoms with Crippen molar-refractivity contribution >= 4 is 44.7 Å². The Balaban J connectivity index is 2.10. The fourth-order valence-electron chi connectivity index (χ4n) is 2.18. The highest BCUT2D eigenvalue weighted by Crippen LogP contribution is 2.37. The number of hydrogen-bond acceptors (Lipinski definition) is 7. The number of halogens is 2. The van der Waals surface area contributed by atoms with Crippen LogP contribution in [-0.4, -0.2) is 40.1 Å². The van der Waals surface area contributed by atoms with Crippen LogP contribution in [0.2, 0.25) is 10.2 Å². The summed E-state index contributed by atoms with van der Waals surface area (Å²) in [7, 11) is -2.84. The molecule has 3 aromatic rings. The van der Waals surface area contributed by atoms with Gasteiger partial charge in [0.05, 0.1) is 13.3 Å². The third-order valence-electron chi connectivity index (χ3n) is 3.22. The van der Waals surface area contributed by atoms with Crippen LogP contribution < -0.4 is 9.46 Å². The molecule has 3 aromatic heterocycles. The molecule has 0 radical (unpaired) electrons. The van der Waals surface area contributed by atoms with Crippen molar-refractivity contribution in [2.24, 2.45) is 0 Å². The SMILES string of the molecule is COc1c(Cl)cnc(Cl)c1NS(=O)(=O)c1nc2nc(C)cc(C)n2n1. The van der Waals surface area contributed by atoms with Gasteiger partial charge < -0.3 is 4.74 Å². The molecule has 0 bridgehead atoms. The van der Waals surface area contributed by atoms with Crippen molar-refractivity contribution in [2.75, 3.05) is 11.8 Å². The molecule has 3 heterocycles. The lowest BCUT2D eigenvalue weighted by Crippen LogP contribution is -2.16. The van der Waals surface area contributed by atoms with E-state index in [9.17, 15) is 8.42 Å². The van der Waals surface area contributed by atoms with Crippen LogP contribution in [0, 0.1) is 13.8 Å². The van der Waals surface area contributed by atoms with Gasteiger partial charge in [-0.3, -0.25) is 4.72 Å². The van der Waals surface area contributed by atoms with Crippen molar-refractivity contribution in [2.45, 2.75) is 19.0 Å². The molecule has 9 nitrogen and oxygen atoms in total. The molecule has 0 unspecified atom stereocenters. The minimum atomic E-state index is -4.17. The molecule has 12 heteroatoms. The molecule has 1 N–H and O–H groups in total. The number of methoxy groups -OCH3 is 1. The maximum atomic E-state index is 12.6. The average Bonchev–Trinajstić information content (AvgIpc) is 2.96. The Morgan fingerprint density at radius 1 is 1.24 bits per heavy atom. The van der Waals surface area contributed by atoms with Crippen LogP contribution in [0.4, 0.5) is 5.69 Å². The topological polar surface area (TPSA) is 111 Å². The monoisotopic (exact) mass is 402 g/mol. The van der Waals surface area contributed by atoms with E-state index in [0.717, 1.165) is 0 Å². The lowest BCUT2D eigenvalue weighted by molar-refractivity contribution is 0.416. The van der Waals surface area contributed by atoms with Gasteiger partial charge >= 0.3 is 0 Å². The summed E-state index contributed by atoms with van der Waals surface area (Å²) in [6, 6.07) is 1.76. The van der Waals surface area contributed by atoms with Gasteiger partial charge in [-0.15, -0.1) is 5.10 Å². The van der Waals surface area contributed by atoms with E-state index in [1.807, 2.05) is 0 Å². The van der Waals surface area contributed by atoms with E-state index in [2.05, 4.69) is 24.8 Å². The number of ether oxygens (including phenoxy) is 1. The van der Waals surface area contributed by atoms with Crippen LogP contribution >= 0.6 is 23.2 Å². The van der Waals surface area contributed by atoms with Crippen LogP contribution in [0.3, 0.4) is 0 Å². The largest absolute Gasteiger partial charge is 0.493 e. The van der Waals surface area contributed by atoms with E-state index < -0.39 is 15.2 Å². The minimum Gasteiger partial charge on any atom is -0.493 e. The normalized spacial score (nSPS) is 11.7. The molecular formula is C13H12Cl2N6O3S. The van der Waals surface area contributed by atoms with Gasteiger partial charge in [0.25, 0.3) is 21.0 Å². The van der Waals surface area contributed by atoms with Crippen LogP contribution in [0.15, 0.2) is 17.4 Å². The van der Waals surface area contributed by atoms with Gasteiger partial charge in [-0.2, -0.15) is 13.4 Å². The van der Waals surface area contributed by atoms with E-state index in [-0.39, 0.29) is 27.4 Å². The highest BCUT2D eigenvalue weighted by molar-refractivity contribution is 7.92.